The van der Waals surface area contributed by atoms with Crippen LogP contribution < -0.4 is 0 Å². The number of carbonyl (C=O) groups excluding carboxylic acids is 1. The lowest BCUT2D eigenvalue weighted by molar-refractivity contribution is -0.127. The van der Waals surface area contributed by atoms with Gasteiger partial charge in [-0.1, -0.05) is 20.3 Å². The summed E-state index contributed by atoms with van der Waals surface area (Å²) in [5, 5.41) is 0. The molecule has 0 amide bonds. The van der Waals surface area contributed by atoms with Gasteiger partial charge in [0, 0.05) is 32.0 Å². The molecule has 2 rings (SSSR count). The van der Waals surface area contributed by atoms with Gasteiger partial charge in [0.1, 0.15) is 5.78 Å². The van der Waals surface area contributed by atoms with Gasteiger partial charge in [0.2, 0.25) is 0 Å². The molecule has 2 fully saturated rings. The lowest BCUT2D eigenvalue weighted by Crippen LogP contribution is -2.47. The normalized spacial score (nSPS) is 31.3. The molecule has 0 spiro atoms. The van der Waals surface area contributed by atoms with Crippen LogP contribution in [-0.4, -0.2) is 30.3 Å². The Labute approximate surface area is 93.0 Å². The van der Waals surface area contributed by atoms with E-state index >= 15 is 0 Å². The number of nitrogens with zero attached hydrogens (tertiary/aromatic N) is 1. The minimum Gasteiger partial charge on any atom is -0.302 e. The van der Waals surface area contributed by atoms with E-state index in [1.165, 1.54) is 25.8 Å². The number of carbonyl (C=O) groups is 1. The third-order valence-corrected chi connectivity index (χ3v) is 4.27. The standard InChI is InChI=1S/C13H23NO/c1-3-11-9-14(8-5-12(11)15)10-13(2)6-4-7-13/h11H,3-10H2,1-2H3. The SMILES string of the molecule is CCC1CN(CC2(C)CCC2)CCC1=O. The van der Waals surface area contributed by atoms with Crippen molar-refractivity contribution < 1.29 is 4.79 Å². The van der Waals surface area contributed by atoms with Crippen LogP contribution >= 0.6 is 0 Å². The van der Waals surface area contributed by atoms with Crippen LogP contribution in [0, 0.1) is 11.3 Å². The molecule has 0 aromatic carbocycles. The van der Waals surface area contributed by atoms with E-state index in [0.717, 1.165) is 25.9 Å². The van der Waals surface area contributed by atoms with Crippen LogP contribution in [0.2, 0.25) is 0 Å². The van der Waals surface area contributed by atoms with Gasteiger partial charge in [-0.15, -0.1) is 0 Å². The Morgan fingerprint density at radius 2 is 2.20 bits per heavy atom. The van der Waals surface area contributed by atoms with E-state index in [4.69, 9.17) is 0 Å². The minimum atomic E-state index is 0.322. The fraction of sp³-hybridized carbons (Fsp3) is 0.923. The van der Waals surface area contributed by atoms with Crippen molar-refractivity contribution >= 4 is 5.78 Å². The Morgan fingerprint density at radius 3 is 2.73 bits per heavy atom. The number of piperidine rings is 1. The fourth-order valence-electron chi connectivity index (χ4n) is 2.96. The zero-order valence-electron chi connectivity index (χ0n) is 10.1. The minimum absolute atomic E-state index is 0.322. The molecule has 1 saturated heterocycles. The highest BCUT2D eigenvalue weighted by Gasteiger charge is 2.35. The summed E-state index contributed by atoms with van der Waals surface area (Å²) in [6.07, 6.45) is 5.98. The summed E-state index contributed by atoms with van der Waals surface area (Å²) in [5.41, 5.74) is 0.568. The number of ketones is 1. The maximum Gasteiger partial charge on any atom is 0.138 e. The molecule has 0 aromatic heterocycles. The second-order valence-electron chi connectivity index (χ2n) is 5.72. The van der Waals surface area contributed by atoms with E-state index in [1.54, 1.807) is 0 Å². The van der Waals surface area contributed by atoms with Crippen LogP contribution in [0.25, 0.3) is 0 Å². The zero-order chi connectivity index (χ0) is 10.9. The summed E-state index contributed by atoms with van der Waals surface area (Å²) in [5.74, 6) is 0.815. The monoisotopic (exact) mass is 209 g/mol. The predicted octanol–water partition coefficient (Wildman–Crippen LogP) is 2.48. The van der Waals surface area contributed by atoms with Gasteiger partial charge < -0.3 is 4.90 Å². The first kappa shape index (κ1) is 11.1. The number of rotatable bonds is 3. The predicted molar refractivity (Wildman–Crippen MR) is 61.8 cm³/mol. The summed E-state index contributed by atoms with van der Waals surface area (Å²) < 4.78 is 0. The van der Waals surface area contributed by atoms with Crippen LogP contribution in [-0.2, 0) is 4.79 Å². The van der Waals surface area contributed by atoms with Crippen molar-refractivity contribution in [2.45, 2.75) is 46.0 Å². The number of hydrogen-bond acceptors (Lipinski definition) is 2. The van der Waals surface area contributed by atoms with Crippen molar-refractivity contribution in [2.75, 3.05) is 19.6 Å². The molecule has 1 heterocycles. The number of hydrogen-bond donors (Lipinski definition) is 0. The summed E-state index contributed by atoms with van der Waals surface area (Å²) in [6.45, 7) is 7.78. The highest BCUT2D eigenvalue weighted by atomic mass is 16.1. The van der Waals surface area contributed by atoms with Gasteiger partial charge in [0.25, 0.3) is 0 Å². The number of Topliss-reactive ketones (excluding diaryl/α,β-unsaturated/α-hetero) is 1. The molecule has 0 N–H and O–H groups in total. The molecule has 1 aliphatic carbocycles. The molecule has 1 saturated carbocycles. The van der Waals surface area contributed by atoms with Crippen molar-refractivity contribution in [1.82, 2.24) is 4.90 Å². The average Bonchev–Trinajstić information content (AvgIpc) is 2.18. The van der Waals surface area contributed by atoms with Gasteiger partial charge in [-0.2, -0.15) is 0 Å². The third-order valence-electron chi connectivity index (χ3n) is 4.27. The van der Waals surface area contributed by atoms with Crippen LogP contribution in [0.3, 0.4) is 0 Å². The van der Waals surface area contributed by atoms with Crippen molar-refractivity contribution in [2.24, 2.45) is 11.3 Å². The quantitative estimate of drug-likeness (QED) is 0.711. The molecule has 0 bridgehead atoms. The topological polar surface area (TPSA) is 20.3 Å². The van der Waals surface area contributed by atoms with Gasteiger partial charge in [-0.3, -0.25) is 4.79 Å². The zero-order valence-corrected chi connectivity index (χ0v) is 10.1. The average molecular weight is 209 g/mol. The van der Waals surface area contributed by atoms with Gasteiger partial charge in [-0.25, -0.2) is 0 Å². The smallest absolute Gasteiger partial charge is 0.138 e. The van der Waals surface area contributed by atoms with E-state index < -0.39 is 0 Å². The summed E-state index contributed by atoms with van der Waals surface area (Å²) >= 11 is 0. The molecule has 2 aliphatic rings. The van der Waals surface area contributed by atoms with Crippen LogP contribution in [0.1, 0.15) is 46.0 Å². The molecular formula is C13H23NO. The Hall–Kier alpha value is -0.370. The van der Waals surface area contributed by atoms with Crippen LogP contribution in [0.15, 0.2) is 0 Å². The molecule has 86 valence electrons. The van der Waals surface area contributed by atoms with Crippen molar-refractivity contribution in [3.8, 4) is 0 Å². The van der Waals surface area contributed by atoms with Crippen molar-refractivity contribution in [3.05, 3.63) is 0 Å². The molecule has 15 heavy (non-hydrogen) atoms. The Morgan fingerprint density at radius 1 is 1.47 bits per heavy atom. The Kier molecular flexibility index (Phi) is 3.15. The van der Waals surface area contributed by atoms with E-state index in [9.17, 15) is 4.79 Å². The summed E-state index contributed by atoms with van der Waals surface area (Å²) in [6, 6.07) is 0. The highest BCUT2D eigenvalue weighted by Crippen LogP contribution is 2.41. The van der Waals surface area contributed by atoms with Gasteiger partial charge in [0.15, 0.2) is 0 Å². The van der Waals surface area contributed by atoms with E-state index in [2.05, 4.69) is 18.7 Å². The summed E-state index contributed by atoms with van der Waals surface area (Å²) in [4.78, 5) is 14.1. The van der Waals surface area contributed by atoms with Gasteiger partial charge >= 0.3 is 0 Å². The maximum absolute atomic E-state index is 11.6. The van der Waals surface area contributed by atoms with Crippen LogP contribution in [0.4, 0.5) is 0 Å². The third kappa shape index (κ3) is 2.41. The largest absolute Gasteiger partial charge is 0.302 e. The molecule has 2 nitrogen and oxygen atoms in total. The second-order valence-corrected chi connectivity index (χ2v) is 5.72. The highest BCUT2D eigenvalue weighted by molar-refractivity contribution is 5.82. The second kappa shape index (κ2) is 4.25. The lowest BCUT2D eigenvalue weighted by Gasteiger charge is -2.44. The molecule has 1 atom stereocenters. The molecular weight excluding hydrogens is 186 g/mol. The van der Waals surface area contributed by atoms with E-state index in [0.29, 0.717) is 17.1 Å². The molecule has 1 unspecified atom stereocenters. The molecule has 0 aromatic rings. The van der Waals surface area contributed by atoms with E-state index in [-0.39, 0.29) is 0 Å². The van der Waals surface area contributed by atoms with Gasteiger partial charge in [-0.05, 0) is 24.7 Å². The first-order valence-electron chi connectivity index (χ1n) is 6.38. The summed E-state index contributed by atoms with van der Waals surface area (Å²) in [7, 11) is 0. The van der Waals surface area contributed by atoms with Crippen LogP contribution in [0.5, 0.6) is 0 Å². The number of likely N-dealkylation sites (tertiary alicyclic amines) is 1. The van der Waals surface area contributed by atoms with Crippen molar-refractivity contribution in [3.63, 3.8) is 0 Å². The molecule has 1 aliphatic heterocycles. The molecule has 2 heteroatoms. The maximum atomic E-state index is 11.6. The van der Waals surface area contributed by atoms with E-state index in [1.807, 2.05) is 0 Å². The first-order chi connectivity index (χ1) is 7.13. The fourth-order valence-corrected chi connectivity index (χ4v) is 2.96. The Balaban J connectivity index is 1.86. The van der Waals surface area contributed by atoms with Gasteiger partial charge in [0.05, 0.1) is 0 Å². The Bertz CT molecular complexity index is 245. The molecule has 0 radical (unpaired) electrons. The first-order valence-corrected chi connectivity index (χ1v) is 6.38. The van der Waals surface area contributed by atoms with Crippen molar-refractivity contribution in [1.29, 1.82) is 0 Å². The lowest BCUT2D eigenvalue weighted by atomic mass is 9.70.